The number of aliphatic hydroxyl groups is 2. The Morgan fingerprint density at radius 3 is 2.86 bits per heavy atom. The lowest BCUT2D eigenvalue weighted by molar-refractivity contribution is -0.152. The van der Waals surface area contributed by atoms with Gasteiger partial charge in [-0.15, -0.1) is 5.10 Å². The van der Waals surface area contributed by atoms with Crippen LogP contribution in [0.3, 0.4) is 0 Å². The van der Waals surface area contributed by atoms with Crippen LogP contribution in [0.25, 0.3) is 0 Å². The third-order valence-electron chi connectivity index (χ3n) is 7.14. The summed E-state index contributed by atoms with van der Waals surface area (Å²) in [4.78, 5) is 39.2. The molecule has 15 heteroatoms. The highest BCUT2D eigenvalue weighted by molar-refractivity contribution is 9.10. The number of rotatable bonds is 13. The van der Waals surface area contributed by atoms with E-state index in [0.29, 0.717) is 28.6 Å². The molecule has 1 aromatic carbocycles. The number of phenolic OH excluding ortho intramolecular Hbond substituents is 1. The standard InChI is InChI=1S/C27H35BrN6O8/c1-3-4-7-41-26(39)19(24(37)18-8-16(28)5-6-21(18)36)11-29-10-17-13-34(32-31-17)20-9-23(42-22(20)14-35)33-12-15(2)25(38)30-27(33)40/h5-6,8,12-13,19-20,22-24,29,35-37H,3-4,7,9-11,14H2,1-2H3,(H,30,38,40)/t19?,20-,22+,23+,24?/m0/s1. The van der Waals surface area contributed by atoms with E-state index in [4.69, 9.17) is 9.47 Å². The number of nitrogens with zero attached hydrogens (tertiary/aromatic N) is 4. The summed E-state index contributed by atoms with van der Waals surface area (Å²) in [5.74, 6) is -1.76. The van der Waals surface area contributed by atoms with Crippen molar-refractivity contribution in [3.63, 3.8) is 0 Å². The minimum absolute atomic E-state index is 0.0211. The Bertz CT molecular complexity index is 1490. The van der Waals surface area contributed by atoms with E-state index in [9.17, 15) is 29.7 Å². The van der Waals surface area contributed by atoms with Gasteiger partial charge in [-0.3, -0.25) is 19.1 Å². The monoisotopic (exact) mass is 650 g/mol. The van der Waals surface area contributed by atoms with Crippen molar-refractivity contribution in [3.05, 3.63) is 72.7 Å². The second-order valence-corrected chi connectivity index (χ2v) is 11.1. The maximum atomic E-state index is 12.9. The number of aromatic nitrogens is 5. The lowest BCUT2D eigenvalue weighted by Crippen LogP contribution is -2.34. The first-order valence-corrected chi connectivity index (χ1v) is 14.4. The van der Waals surface area contributed by atoms with Crippen molar-refractivity contribution >= 4 is 21.9 Å². The molecule has 14 nitrogen and oxygen atoms in total. The van der Waals surface area contributed by atoms with Crippen LogP contribution in [0, 0.1) is 12.8 Å². The van der Waals surface area contributed by atoms with E-state index in [1.54, 1.807) is 29.9 Å². The molecule has 0 radical (unpaired) electrons. The van der Waals surface area contributed by atoms with Crippen LogP contribution in [0.5, 0.6) is 5.75 Å². The molecule has 2 aromatic heterocycles. The number of unbranched alkanes of at least 4 members (excludes halogenated alkanes) is 1. The van der Waals surface area contributed by atoms with Crippen molar-refractivity contribution in [1.82, 2.24) is 29.9 Å². The van der Waals surface area contributed by atoms with E-state index in [-0.39, 0.29) is 37.6 Å². The van der Waals surface area contributed by atoms with Crippen LogP contribution < -0.4 is 16.6 Å². The fourth-order valence-corrected chi connectivity index (χ4v) is 5.15. The number of aryl methyl sites for hydroxylation is 1. The number of aliphatic hydroxyl groups excluding tert-OH is 2. The molecule has 0 spiro atoms. The van der Waals surface area contributed by atoms with Gasteiger partial charge in [0.05, 0.1) is 43.2 Å². The lowest BCUT2D eigenvalue weighted by Gasteiger charge is -2.23. The third kappa shape index (κ3) is 7.33. The summed E-state index contributed by atoms with van der Waals surface area (Å²) in [7, 11) is 0. The summed E-state index contributed by atoms with van der Waals surface area (Å²) < 4.78 is 14.7. The Labute approximate surface area is 249 Å². The third-order valence-corrected chi connectivity index (χ3v) is 7.64. The van der Waals surface area contributed by atoms with E-state index in [2.05, 4.69) is 36.5 Å². The summed E-state index contributed by atoms with van der Waals surface area (Å²) in [6.45, 7) is 3.66. The summed E-state index contributed by atoms with van der Waals surface area (Å²) in [5, 5.41) is 42.7. The number of benzene rings is 1. The smallest absolute Gasteiger partial charge is 0.330 e. The number of ether oxygens (including phenoxy) is 2. The average Bonchev–Trinajstić information content (AvgIpc) is 3.61. The summed E-state index contributed by atoms with van der Waals surface area (Å²) >= 11 is 3.32. The van der Waals surface area contributed by atoms with E-state index < -0.39 is 47.6 Å². The minimum Gasteiger partial charge on any atom is -0.508 e. The number of halogens is 1. The van der Waals surface area contributed by atoms with Gasteiger partial charge >= 0.3 is 11.7 Å². The minimum atomic E-state index is -1.34. The molecule has 0 aliphatic carbocycles. The predicted molar refractivity (Wildman–Crippen MR) is 153 cm³/mol. The zero-order valence-electron chi connectivity index (χ0n) is 23.3. The van der Waals surface area contributed by atoms with Gasteiger partial charge in [0.2, 0.25) is 0 Å². The van der Waals surface area contributed by atoms with Crippen LogP contribution in [-0.4, -0.2) is 71.7 Å². The number of hydrogen-bond donors (Lipinski definition) is 5. The predicted octanol–water partition coefficient (Wildman–Crippen LogP) is 1.21. The van der Waals surface area contributed by atoms with Crippen LogP contribution in [0.4, 0.5) is 0 Å². The summed E-state index contributed by atoms with van der Waals surface area (Å²) in [6, 6.07) is 4.16. The van der Waals surface area contributed by atoms with Crippen LogP contribution in [0.15, 0.2) is 44.7 Å². The van der Waals surface area contributed by atoms with E-state index in [0.717, 1.165) is 6.42 Å². The van der Waals surface area contributed by atoms with Gasteiger partial charge in [-0.05, 0) is 31.5 Å². The molecule has 1 aliphatic rings. The molecule has 1 fully saturated rings. The van der Waals surface area contributed by atoms with Gasteiger partial charge in [0, 0.05) is 41.3 Å². The Balaban J connectivity index is 1.43. The number of nitrogens with one attached hydrogen (secondary N) is 2. The Morgan fingerprint density at radius 2 is 2.12 bits per heavy atom. The largest absolute Gasteiger partial charge is 0.508 e. The molecule has 0 bridgehead atoms. The second kappa shape index (κ2) is 14.2. The highest BCUT2D eigenvalue weighted by atomic mass is 79.9. The Morgan fingerprint density at radius 1 is 1.33 bits per heavy atom. The highest BCUT2D eigenvalue weighted by Crippen LogP contribution is 2.36. The molecule has 42 heavy (non-hydrogen) atoms. The molecule has 0 saturated carbocycles. The Kier molecular flexibility index (Phi) is 10.7. The molecule has 5 N–H and O–H groups in total. The number of aromatic hydroxyl groups is 1. The first kappa shape index (κ1) is 31.6. The van der Waals surface area contributed by atoms with Crippen LogP contribution in [0.2, 0.25) is 0 Å². The first-order chi connectivity index (χ1) is 20.1. The molecule has 0 amide bonds. The molecule has 1 aliphatic heterocycles. The van der Waals surface area contributed by atoms with Gasteiger partial charge < -0.3 is 30.1 Å². The lowest BCUT2D eigenvalue weighted by atomic mass is 9.95. The molecular formula is C27H35BrN6O8. The number of hydrogen-bond acceptors (Lipinski definition) is 11. The molecule has 228 valence electrons. The van der Waals surface area contributed by atoms with Gasteiger partial charge in [-0.25, -0.2) is 9.48 Å². The number of carbonyl (C=O) groups excluding carboxylic acids is 1. The molecule has 5 atom stereocenters. The highest BCUT2D eigenvalue weighted by Gasteiger charge is 2.38. The number of aromatic amines is 1. The van der Waals surface area contributed by atoms with Gasteiger partial charge in [0.25, 0.3) is 5.56 Å². The maximum Gasteiger partial charge on any atom is 0.330 e. The van der Waals surface area contributed by atoms with Crippen LogP contribution >= 0.6 is 15.9 Å². The Hall–Kier alpha value is -3.37. The van der Waals surface area contributed by atoms with E-state index in [1.165, 1.54) is 16.8 Å². The first-order valence-electron chi connectivity index (χ1n) is 13.7. The van der Waals surface area contributed by atoms with Crippen molar-refractivity contribution in [1.29, 1.82) is 0 Å². The molecule has 3 aromatic rings. The van der Waals surface area contributed by atoms with Crippen molar-refractivity contribution in [3.8, 4) is 5.75 Å². The zero-order chi connectivity index (χ0) is 30.4. The second-order valence-electron chi connectivity index (χ2n) is 10.2. The summed E-state index contributed by atoms with van der Waals surface area (Å²) in [6.07, 6.45) is 2.17. The zero-order valence-corrected chi connectivity index (χ0v) is 24.9. The number of carbonyl (C=O) groups is 1. The number of phenols is 1. The molecule has 4 rings (SSSR count). The van der Waals surface area contributed by atoms with E-state index >= 15 is 0 Å². The molecular weight excluding hydrogens is 616 g/mol. The van der Waals surface area contributed by atoms with Gasteiger partial charge in [-0.1, -0.05) is 34.5 Å². The van der Waals surface area contributed by atoms with Crippen molar-refractivity contribution in [2.45, 2.75) is 64.1 Å². The maximum absolute atomic E-state index is 12.9. The summed E-state index contributed by atoms with van der Waals surface area (Å²) in [5.41, 5.74) is -0.0285. The van der Waals surface area contributed by atoms with Gasteiger partial charge in [-0.2, -0.15) is 0 Å². The number of esters is 1. The van der Waals surface area contributed by atoms with Crippen LogP contribution in [0.1, 0.15) is 61.4 Å². The van der Waals surface area contributed by atoms with Crippen molar-refractivity contribution < 1.29 is 29.6 Å². The normalized spacial score (nSPS) is 20.0. The number of H-pyrrole nitrogens is 1. The fourth-order valence-electron chi connectivity index (χ4n) is 4.77. The topological polar surface area (TPSA) is 194 Å². The van der Waals surface area contributed by atoms with Crippen molar-refractivity contribution in [2.24, 2.45) is 5.92 Å². The average molecular weight is 652 g/mol. The SMILES string of the molecule is CCCCOC(=O)C(CNCc1cn([C@H]2C[C@H](n3cc(C)c(=O)[nH]c3=O)O[C@@H]2CO)nn1)C(O)c1cc(Br)ccc1O. The quantitative estimate of drug-likeness (QED) is 0.132. The molecule has 2 unspecified atom stereocenters. The van der Waals surface area contributed by atoms with Gasteiger partial charge in [0.15, 0.2) is 0 Å². The van der Waals surface area contributed by atoms with Crippen molar-refractivity contribution in [2.75, 3.05) is 19.8 Å². The molecule has 3 heterocycles. The fraction of sp³-hybridized carbons (Fsp3) is 0.519. The van der Waals surface area contributed by atoms with Crippen LogP contribution in [-0.2, 0) is 20.8 Å². The molecule has 1 saturated heterocycles. The van der Waals surface area contributed by atoms with Gasteiger partial charge in [0.1, 0.15) is 18.1 Å². The van der Waals surface area contributed by atoms with E-state index in [1.807, 2.05) is 6.92 Å².